The Bertz CT molecular complexity index is 1020. The molecule has 0 aromatic heterocycles. The van der Waals surface area contributed by atoms with Gasteiger partial charge in [0.2, 0.25) is 0 Å². The Labute approximate surface area is 160 Å². The number of nitrogens with one attached hydrogen (secondary N) is 1. The number of amides is 1. The third-order valence-corrected chi connectivity index (χ3v) is 4.58. The minimum Gasteiger partial charge on any atom is -0.397 e. The fourth-order valence-corrected chi connectivity index (χ4v) is 2.86. The van der Waals surface area contributed by atoms with Gasteiger partial charge in [-0.1, -0.05) is 47.5 Å². The van der Waals surface area contributed by atoms with Crippen LogP contribution < -0.4 is 10.6 Å². The van der Waals surface area contributed by atoms with Gasteiger partial charge in [-0.3, -0.25) is 15.1 Å². The highest BCUT2D eigenvalue weighted by atomic mass is 35.5. The first-order chi connectivity index (χ1) is 12.4. The van der Waals surface area contributed by atoms with E-state index in [0.29, 0.717) is 21.3 Å². The van der Waals surface area contributed by atoms with Crippen LogP contribution in [0.2, 0.25) is 10.0 Å². The fraction of sp³-hybridized carbons (Fsp3) is 0. The second-order valence-electron chi connectivity index (χ2n) is 5.46. The van der Waals surface area contributed by atoms with Crippen molar-refractivity contribution in [2.45, 2.75) is 0 Å². The Hall–Kier alpha value is -3.07. The van der Waals surface area contributed by atoms with Gasteiger partial charge in [0.05, 0.1) is 21.4 Å². The standard InChI is InChI=1S/C19H12Cl2N4O/c20-15-7-6-11(9-16(15)21)8-13-17(23)14(10-22)19(26)25(18(13)24)12-4-2-1-3-5-12/h1-9,24H,23H2/b13-8-,24-18?. The van der Waals surface area contributed by atoms with E-state index in [1.807, 2.05) is 6.07 Å². The highest BCUT2D eigenvalue weighted by Crippen LogP contribution is 2.30. The number of rotatable bonds is 2. The van der Waals surface area contributed by atoms with E-state index >= 15 is 0 Å². The van der Waals surface area contributed by atoms with E-state index in [1.165, 1.54) is 0 Å². The van der Waals surface area contributed by atoms with Gasteiger partial charge in [-0.05, 0) is 35.9 Å². The van der Waals surface area contributed by atoms with Crippen LogP contribution in [-0.4, -0.2) is 11.7 Å². The first kappa shape index (κ1) is 17.7. The maximum Gasteiger partial charge on any atom is 0.276 e. The molecule has 0 bridgehead atoms. The molecule has 0 atom stereocenters. The molecular weight excluding hydrogens is 371 g/mol. The van der Waals surface area contributed by atoms with Gasteiger partial charge in [0, 0.05) is 5.57 Å². The van der Waals surface area contributed by atoms with Crippen LogP contribution in [0.25, 0.3) is 6.08 Å². The third-order valence-electron chi connectivity index (χ3n) is 3.84. The number of nitriles is 1. The van der Waals surface area contributed by atoms with Crippen LogP contribution in [0.5, 0.6) is 0 Å². The van der Waals surface area contributed by atoms with E-state index < -0.39 is 5.91 Å². The zero-order valence-electron chi connectivity index (χ0n) is 13.3. The van der Waals surface area contributed by atoms with Crippen molar-refractivity contribution in [1.82, 2.24) is 0 Å². The number of benzene rings is 2. The molecule has 5 nitrogen and oxygen atoms in total. The zero-order valence-corrected chi connectivity index (χ0v) is 14.8. The van der Waals surface area contributed by atoms with Gasteiger partial charge in [0.25, 0.3) is 5.91 Å². The van der Waals surface area contributed by atoms with Crippen molar-refractivity contribution in [3.63, 3.8) is 0 Å². The summed E-state index contributed by atoms with van der Waals surface area (Å²) in [5.41, 5.74) is 7.13. The van der Waals surface area contributed by atoms with Crippen LogP contribution in [0, 0.1) is 16.7 Å². The molecule has 3 rings (SSSR count). The predicted octanol–water partition coefficient (Wildman–Crippen LogP) is 4.14. The molecule has 2 aromatic carbocycles. The number of nitrogens with two attached hydrogens (primary N) is 1. The number of hydrogen-bond donors (Lipinski definition) is 2. The first-order valence-corrected chi connectivity index (χ1v) is 8.25. The number of carbonyl (C=O) groups is 1. The van der Waals surface area contributed by atoms with Crippen molar-refractivity contribution in [2.75, 3.05) is 4.90 Å². The average Bonchev–Trinajstić information content (AvgIpc) is 2.63. The molecule has 128 valence electrons. The monoisotopic (exact) mass is 382 g/mol. The molecule has 26 heavy (non-hydrogen) atoms. The molecule has 0 radical (unpaired) electrons. The van der Waals surface area contributed by atoms with Gasteiger partial charge in [0.1, 0.15) is 17.5 Å². The molecule has 0 saturated heterocycles. The quantitative estimate of drug-likeness (QED) is 0.816. The van der Waals surface area contributed by atoms with Crippen molar-refractivity contribution in [1.29, 1.82) is 10.7 Å². The summed E-state index contributed by atoms with van der Waals surface area (Å²) in [6.45, 7) is 0. The third kappa shape index (κ3) is 3.08. The highest BCUT2D eigenvalue weighted by Gasteiger charge is 2.34. The molecule has 0 unspecified atom stereocenters. The van der Waals surface area contributed by atoms with Gasteiger partial charge in [-0.2, -0.15) is 5.26 Å². The van der Waals surface area contributed by atoms with Crippen molar-refractivity contribution in [3.8, 4) is 6.07 Å². The Morgan fingerprint density at radius 3 is 2.42 bits per heavy atom. The molecule has 0 saturated carbocycles. The van der Waals surface area contributed by atoms with Gasteiger partial charge in [-0.15, -0.1) is 0 Å². The van der Waals surface area contributed by atoms with Crippen molar-refractivity contribution in [3.05, 3.63) is 81.0 Å². The SMILES string of the molecule is N#CC1=C(N)/C(=C/c2ccc(Cl)c(Cl)c2)C(=N)N(c2ccccc2)C1=O. The number of hydrogen-bond acceptors (Lipinski definition) is 4. The number of anilines is 1. The van der Waals surface area contributed by atoms with E-state index in [9.17, 15) is 10.1 Å². The highest BCUT2D eigenvalue weighted by molar-refractivity contribution is 6.42. The maximum absolute atomic E-state index is 12.6. The van der Waals surface area contributed by atoms with Crippen LogP contribution in [0.3, 0.4) is 0 Å². The summed E-state index contributed by atoms with van der Waals surface area (Å²) < 4.78 is 0. The minimum atomic E-state index is -0.632. The Morgan fingerprint density at radius 1 is 1.12 bits per heavy atom. The summed E-state index contributed by atoms with van der Waals surface area (Å²) in [5.74, 6) is -0.753. The topological polar surface area (TPSA) is 94.0 Å². The molecule has 1 amide bonds. The summed E-state index contributed by atoms with van der Waals surface area (Å²) in [6.07, 6.45) is 1.60. The van der Waals surface area contributed by atoms with Gasteiger partial charge in [0.15, 0.2) is 0 Å². The zero-order chi connectivity index (χ0) is 18.8. The summed E-state index contributed by atoms with van der Waals surface area (Å²) in [5, 5.41) is 18.6. The second-order valence-corrected chi connectivity index (χ2v) is 6.27. The van der Waals surface area contributed by atoms with Crippen LogP contribution in [-0.2, 0) is 4.79 Å². The Morgan fingerprint density at radius 2 is 1.81 bits per heavy atom. The Balaban J connectivity index is 2.17. The number of carbonyl (C=O) groups excluding carboxylic acids is 1. The lowest BCUT2D eigenvalue weighted by molar-refractivity contribution is -0.114. The fourth-order valence-electron chi connectivity index (χ4n) is 2.56. The lowest BCUT2D eigenvalue weighted by Gasteiger charge is -2.29. The molecule has 1 aliphatic rings. The molecular formula is C19H12Cl2N4O. The van der Waals surface area contributed by atoms with Crippen LogP contribution in [0.15, 0.2) is 65.4 Å². The van der Waals surface area contributed by atoms with E-state index in [2.05, 4.69) is 0 Å². The van der Waals surface area contributed by atoms with Crippen LogP contribution >= 0.6 is 23.2 Å². The summed E-state index contributed by atoms with van der Waals surface area (Å²) in [7, 11) is 0. The summed E-state index contributed by atoms with van der Waals surface area (Å²) in [6, 6.07) is 15.4. The number of amidine groups is 1. The molecule has 0 aliphatic carbocycles. The molecule has 7 heteroatoms. The maximum atomic E-state index is 12.6. The second kappa shape index (κ2) is 7.04. The molecule has 2 aromatic rings. The number of halogens is 2. The lowest BCUT2D eigenvalue weighted by Crippen LogP contribution is -2.44. The van der Waals surface area contributed by atoms with E-state index in [0.717, 1.165) is 4.90 Å². The van der Waals surface area contributed by atoms with Crippen molar-refractivity contribution in [2.24, 2.45) is 5.73 Å². The van der Waals surface area contributed by atoms with E-state index in [1.54, 1.807) is 54.6 Å². The largest absolute Gasteiger partial charge is 0.397 e. The predicted molar refractivity (Wildman–Crippen MR) is 103 cm³/mol. The van der Waals surface area contributed by atoms with Gasteiger partial charge in [-0.25, -0.2) is 0 Å². The first-order valence-electron chi connectivity index (χ1n) is 7.49. The van der Waals surface area contributed by atoms with Crippen molar-refractivity contribution >= 4 is 46.7 Å². The molecule has 3 N–H and O–H groups in total. The smallest absolute Gasteiger partial charge is 0.276 e. The van der Waals surface area contributed by atoms with E-state index in [4.69, 9.17) is 34.3 Å². The number of para-hydroxylation sites is 1. The number of nitrogens with zero attached hydrogens (tertiary/aromatic N) is 2. The molecule has 1 aliphatic heterocycles. The minimum absolute atomic E-state index is 0.0410. The molecule has 1 heterocycles. The average molecular weight is 383 g/mol. The van der Waals surface area contributed by atoms with Gasteiger partial charge >= 0.3 is 0 Å². The Kier molecular flexibility index (Phi) is 4.81. The lowest BCUT2D eigenvalue weighted by atomic mass is 9.97. The van der Waals surface area contributed by atoms with Gasteiger partial charge < -0.3 is 5.73 Å². The molecule has 0 fully saturated rings. The normalized spacial score (nSPS) is 16.2. The van der Waals surface area contributed by atoms with Crippen molar-refractivity contribution < 1.29 is 4.79 Å². The van der Waals surface area contributed by atoms with Crippen LogP contribution in [0.1, 0.15) is 5.56 Å². The van der Waals surface area contributed by atoms with E-state index in [-0.39, 0.29) is 22.7 Å². The summed E-state index contributed by atoms with van der Waals surface area (Å²) >= 11 is 12.0. The summed E-state index contributed by atoms with van der Waals surface area (Å²) in [4.78, 5) is 13.8. The molecule has 0 spiro atoms. The van der Waals surface area contributed by atoms with Crippen LogP contribution in [0.4, 0.5) is 5.69 Å².